The maximum absolute atomic E-state index is 5.32. The van der Waals surface area contributed by atoms with Crippen molar-refractivity contribution in [1.29, 1.82) is 0 Å². The quantitative estimate of drug-likeness (QED) is 0.171. The molecule has 0 unspecified atom stereocenters. The van der Waals surface area contributed by atoms with Crippen LogP contribution >= 0.6 is 0 Å². The molecule has 0 amide bonds. The van der Waals surface area contributed by atoms with E-state index < -0.39 is 0 Å². The normalized spacial score (nSPS) is 13.1. The Bertz CT molecular complexity index is 3170. The monoisotopic (exact) mass is 700 g/mol. The van der Waals surface area contributed by atoms with Crippen molar-refractivity contribution in [3.05, 3.63) is 193 Å². The van der Waals surface area contributed by atoms with Crippen molar-refractivity contribution in [3.63, 3.8) is 0 Å². The SMILES string of the molecule is CC1(C)c2cccc(-c3ccc(-c4cc(-c5cc6ccccc6c6ccccc56)nc(-c5ccccc5)n4)c4ccccc34)c2-c2ccc3ccccc3c21. The summed E-state index contributed by atoms with van der Waals surface area (Å²) in [7, 11) is 0. The molecular formula is C53H36N2. The maximum Gasteiger partial charge on any atom is 0.160 e. The highest BCUT2D eigenvalue weighted by molar-refractivity contribution is 6.14. The first-order valence-electron chi connectivity index (χ1n) is 19.1. The maximum atomic E-state index is 5.32. The Hall–Kier alpha value is -6.90. The molecular weight excluding hydrogens is 665 g/mol. The van der Waals surface area contributed by atoms with Gasteiger partial charge >= 0.3 is 0 Å². The van der Waals surface area contributed by atoms with E-state index in [1.165, 1.54) is 76.5 Å². The summed E-state index contributed by atoms with van der Waals surface area (Å²) in [5, 5.41) is 9.83. The first-order chi connectivity index (χ1) is 27.0. The molecule has 0 saturated heterocycles. The topological polar surface area (TPSA) is 25.8 Å². The van der Waals surface area contributed by atoms with Gasteiger partial charge in [0.05, 0.1) is 11.4 Å². The predicted octanol–water partition coefficient (Wildman–Crippen LogP) is 14.1. The van der Waals surface area contributed by atoms with Crippen LogP contribution in [0.15, 0.2) is 182 Å². The summed E-state index contributed by atoms with van der Waals surface area (Å²) in [5.74, 6) is 0.713. The molecule has 1 heterocycles. The largest absolute Gasteiger partial charge is 0.228 e. The van der Waals surface area contributed by atoms with Crippen LogP contribution in [0.1, 0.15) is 25.0 Å². The van der Waals surface area contributed by atoms with Gasteiger partial charge in [0.2, 0.25) is 0 Å². The van der Waals surface area contributed by atoms with Gasteiger partial charge in [-0.05, 0) is 88.6 Å². The number of fused-ring (bicyclic) bond motifs is 9. The fraction of sp³-hybridized carbons (Fsp3) is 0.0566. The molecule has 2 heteroatoms. The van der Waals surface area contributed by atoms with E-state index in [2.05, 4.69) is 190 Å². The molecule has 1 aromatic heterocycles. The van der Waals surface area contributed by atoms with Crippen molar-refractivity contribution in [2.75, 3.05) is 0 Å². The van der Waals surface area contributed by atoms with Crippen LogP contribution in [-0.4, -0.2) is 9.97 Å². The van der Waals surface area contributed by atoms with Crippen LogP contribution in [-0.2, 0) is 5.41 Å². The number of nitrogens with zero attached hydrogens (tertiary/aromatic N) is 2. The van der Waals surface area contributed by atoms with Gasteiger partial charge in [-0.15, -0.1) is 0 Å². The Morgan fingerprint density at radius 3 is 1.69 bits per heavy atom. The molecule has 55 heavy (non-hydrogen) atoms. The third kappa shape index (κ3) is 4.81. The van der Waals surface area contributed by atoms with E-state index >= 15 is 0 Å². The zero-order chi connectivity index (χ0) is 36.7. The van der Waals surface area contributed by atoms with Crippen molar-refractivity contribution in [3.8, 4) is 56.2 Å². The number of hydrogen-bond acceptors (Lipinski definition) is 2. The molecule has 0 saturated carbocycles. The highest BCUT2D eigenvalue weighted by atomic mass is 14.9. The summed E-state index contributed by atoms with van der Waals surface area (Å²) >= 11 is 0. The summed E-state index contributed by atoms with van der Waals surface area (Å²) in [4.78, 5) is 10.6. The number of hydrogen-bond donors (Lipinski definition) is 0. The average molecular weight is 701 g/mol. The molecule has 0 radical (unpaired) electrons. The molecule has 1 aliphatic rings. The standard InChI is InChI=1S/C53H36N2/c1-53(2)47-26-14-25-44(50(47)45-28-27-33-15-6-9-20-37(33)51(45)53)42-29-30-43(40-23-12-11-22-39(40)42)48-32-49(55-52(54-48)34-16-4-3-5-17-34)46-31-35-18-7-8-19-36(35)38-21-10-13-24-41(38)46/h3-32H,1-2H3. The summed E-state index contributed by atoms with van der Waals surface area (Å²) in [6, 6.07) is 65.9. The molecule has 0 bridgehead atoms. The second-order valence-electron chi connectivity index (χ2n) is 15.3. The van der Waals surface area contributed by atoms with Gasteiger partial charge in [0.25, 0.3) is 0 Å². The molecule has 0 atom stereocenters. The Labute approximate surface area is 320 Å². The Kier molecular flexibility index (Phi) is 6.93. The van der Waals surface area contributed by atoms with E-state index in [1.807, 2.05) is 6.07 Å². The van der Waals surface area contributed by atoms with Crippen LogP contribution < -0.4 is 0 Å². The van der Waals surface area contributed by atoms with Gasteiger partial charge in [0.15, 0.2) is 5.82 Å². The average Bonchev–Trinajstić information content (AvgIpc) is 3.49. The summed E-state index contributed by atoms with van der Waals surface area (Å²) in [5.41, 5.74) is 12.8. The highest BCUT2D eigenvalue weighted by Gasteiger charge is 2.38. The predicted molar refractivity (Wildman–Crippen MR) is 231 cm³/mol. The van der Waals surface area contributed by atoms with Crippen LogP contribution in [0.3, 0.4) is 0 Å². The van der Waals surface area contributed by atoms with E-state index in [4.69, 9.17) is 9.97 Å². The van der Waals surface area contributed by atoms with Gasteiger partial charge in [-0.1, -0.05) is 184 Å². The summed E-state index contributed by atoms with van der Waals surface area (Å²) < 4.78 is 0. The van der Waals surface area contributed by atoms with Crippen LogP contribution in [0.5, 0.6) is 0 Å². The van der Waals surface area contributed by atoms with Crippen molar-refractivity contribution >= 4 is 43.1 Å². The van der Waals surface area contributed by atoms with Gasteiger partial charge in [0, 0.05) is 22.1 Å². The molecule has 258 valence electrons. The van der Waals surface area contributed by atoms with Crippen molar-refractivity contribution in [1.82, 2.24) is 9.97 Å². The highest BCUT2D eigenvalue weighted by Crippen LogP contribution is 2.55. The zero-order valence-electron chi connectivity index (χ0n) is 30.7. The second kappa shape index (κ2) is 12.1. The fourth-order valence-electron chi connectivity index (χ4n) is 9.34. The van der Waals surface area contributed by atoms with E-state index in [0.717, 1.165) is 28.1 Å². The minimum atomic E-state index is -0.130. The lowest BCUT2D eigenvalue weighted by atomic mass is 9.80. The van der Waals surface area contributed by atoms with Crippen molar-refractivity contribution < 1.29 is 0 Å². The first-order valence-corrected chi connectivity index (χ1v) is 19.1. The first kappa shape index (κ1) is 31.6. The Morgan fingerprint density at radius 1 is 0.364 bits per heavy atom. The third-order valence-corrected chi connectivity index (χ3v) is 11.9. The lowest BCUT2D eigenvalue weighted by Crippen LogP contribution is -2.15. The van der Waals surface area contributed by atoms with E-state index in [1.54, 1.807) is 0 Å². The Morgan fingerprint density at radius 2 is 0.927 bits per heavy atom. The minimum Gasteiger partial charge on any atom is -0.228 e. The third-order valence-electron chi connectivity index (χ3n) is 11.9. The molecule has 0 fully saturated rings. The molecule has 11 rings (SSSR count). The van der Waals surface area contributed by atoms with E-state index in [0.29, 0.717) is 5.82 Å². The molecule has 0 spiro atoms. The molecule has 1 aliphatic carbocycles. The van der Waals surface area contributed by atoms with Gasteiger partial charge in [-0.25, -0.2) is 9.97 Å². The van der Waals surface area contributed by atoms with Crippen molar-refractivity contribution in [2.45, 2.75) is 19.3 Å². The minimum absolute atomic E-state index is 0.130. The fourth-order valence-corrected chi connectivity index (χ4v) is 9.34. The lowest BCUT2D eigenvalue weighted by molar-refractivity contribution is 0.666. The summed E-state index contributed by atoms with van der Waals surface area (Å²) in [6.07, 6.45) is 0. The lowest BCUT2D eigenvalue weighted by Gasteiger charge is -2.23. The van der Waals surface area contributed by atoms with E-state index in [-0.39, 0.29) is 5.41 Å². The molecule has 0 aliphatic heterocycles. The Balaban J connectivity index is 1.15. The number of aromatic nitrogens is 2. The molecule has 2 nitrogen and oxygen atoms in total. The van der Waals surface area contributed by atoms with Gasteiger partial charge in [0.1, 0.15) is 0 Å². The number of benzene rings is 9. The van der Waals surface area contributed by atoms with Crippen LogP contribution in [0.4, 0.5) is 0 Å². The van der Waals surface area contributed by atoms with Gasteiger partial charge in [-0.3, -0.25) is 0 Å². The number of rotatable bonds is 4. The second-order valence-corrected chi connectivity index (χ2v) is 15.3. The van der Waals surface area contributed by atoms with Crippen LogP contribution in [0.2, 0.25) is 0 Å². The van der Waals surface area contributed by atoms with E-state index in [9.17, 15) is 0 Å². The molecule has 0 N–H and O–H groups in total. The van der Waals surface area contributed by atoms with Crippen LogP contribution in [0, 0.1) is 0 Å². The smallest absolute Gasteiger partial charge is 0.160 e. The van der Waals surface area contributed by atoms with Gasteiger partial charge < -0.3 is 0 Å². The van der Waals surface area contributed by atoms with Crippen LogP contribution in [0.25, 0.3) is 99.2 Å². The molecule has 10 aromatic rings. The van der Waals surface area contributed by atoms with Gasteiger partial charge in [-0.2, -0.15) is 0 Å². The van der Waals surface area contributed by atoms with Crippen molar-refractivity contribution in [2.24, 2.45) is 0 Å². The zero-order valence-corrected chi connectivity index (χ0v) is 30.7. The summed E-state index contributed by atoms with van der Waals surface area (Å²) in [6.45, 7) is 4.76. The molecule has 9 aromatic carbocycles.